The van der Waals surface area contributed by atoms with E-state index in [4.69, 9.17) is 10.3 Å². The number of primary amides is 1. The first-order valence-corrected chi connectivity index (χ1v) is 7.56. The fraction of sp³-hybridized carbons (Fsp3) is 0.111. The molecule has 0 saturated heterocycles. The summed E-state index contributed by atoms with van der Waals surface area (Å²) in [6, 6.07) is 12.3. The van der Waals surface area contributed by atoms with Gasteiger partial charge in [-0.3, -0.25) is 4.79 Å². The van der Waals surface area contributed by atoms with Crippen molar-refractivity contribution in [2.75, 3.05) is 0 Å². The van der Waals surface area contributed by atoms with Crippen LogP contribution >= 0.6 is 0 Å². The van der Waals surface area contributed by atoms with Crippen LogP contribution in [-0.2, 0) is 12.6 Å². The van der Waals surface area contributed by atoms with Crippen molar-refractivity contribution in [2.24, 2.45) is 5.73 Å². The summed E-state index contributed by atoms with van der Waals surface area (Å²) in [6.07, 6.45) is -2.22. The van der Waals surface area contributed by atoms with E-state index in [1.165, 1.54) is 12.1 Å². The van der Waals surface area contributed by atoms with E-state index in [0.717, 1.165) is 23.3 Å². The number of benzene rings is 2. The minimum absolute atomic E-state index is 0.186. The molecule has 5 nitrogen and oxygen atoms in total. The minimum Gasteiger partial charge on any atom is -0.363 e. The molecular weight excluding hydrogens is 347 g/mol. The molecule has 2 N–H and O–H groups in total. The van der Waals surface area contributed by atoms with Crippen LogP contribution in [-0.4, -0.2) is 16.0 Å². The zero-order chi connectivity index (χ0) is 18.7. The van der Waals surface area contributed by atoms with Crippen molar-refractivity contribution >= 4 is 5.91 Å². The van der Waals surface area contributed by atoms with Gasteiger partial charge in [0.2, 0.25) is 5.89 Å². The SMILES string of the molecule is NC(=O)c1noc([CH]Cc2ccc(-c3ccc(C(F)(F)F)cc3)cc2)n1. The number of hydrogen-bond acceptors (Lipinski definition) is 4. The van der Waals surface area contributed by atoms with Crippen molar-refractivity contribution in [1.29, 1.82) is 0 Å². The third kappa shape index (κ3) is 4.08. The van der Waals surface area contributed by atoms with Crippen LogP contribution in [0.4, 0.5) is 13.2 Å². The van der Waals surface area contributed by atoms with Crippen LogP contribution in [0, 0.1) is 6.42 Å². The topological polar surface area (TPSA) is 82.0 Å². The van der Waals surface area contributed by atoms with Gasteiger partial charge in [0, 0.05) is 0 Å². The second-order valence-electron chi connectivity index (χ2n) is 5.50. The lowest BCUT2D eigenvalue weighted by molar-refractivity contribution is -0.137. The van der Waals surface area contributed by atoms with Crippen molar-refractivity contribution in [3.63, 3.8) is 0 Å². The molecule has 1 heterocycles. The van der Waals surface area contributed by atoms with Crippen LogP contribution < -0.4 is 5.73 Å². The Morgan fingerprint density at radius 2 is 1.62 bits per heavy atom. The van der Waals surface area contributed by atoms with Gasteiger partial charge in [0.25, 0.3) is 11.7 Å². The molecule has 26 heavy (non-hydrogen) atoms. The van der Waals surface area contributed by atoms with Gasteiger partial charge < -0.3 is 10.3 Å². The molecule has 0 atom stereocenters. The van der Waals surface area contributed by atoms with Gasteiger partial charge in [-0.1, -0.05) is 41.6 Å². The number of aromatic nitrogens is 2. The van der Waals surface area contributed by atoms with Gasteiger partial charge in [-0.2, -0.15) is 18.2 Å². The quantitative estimate of drug-likeness (QED) is 0.753. The van der Waals surface area contributed by atoms with Gasteiger partial charge in [0.1, 0.15) is 0 Å². The second-order valence-corrected chi connectivity index (χ2v) is 5.50. The summed E-state index contributed by atoms with van der Waals surface area (Å²) in [5.74, 6) is -0.770. The van der Waals surface area contributed by atoms with Crippen molar-refractivity contribution in [1.82, 2.24) is 10.1 Å². The monoisotopic (exact) mass is 360 g/mol. The van der Waals surface area contributed by atoms with Gasteiger partial charge >= 0.3 is 6.18 Å². The highest BCUT2D eigenvalue weighted by Gasteiger charge is 2.29. The third-order valence-corrected chi connectivity index (χ3v) is 3.67. The number of carbonyl (C=O) groups excluding carboxylic acids is 1. The number of nitrogens with two attached hydrogens (primary N) is 1. The molecule has 1 amide bonds. The Labute approximate surface area is 146 Å². The highest BCUT2D eigenvalue weighted by atomic mass is 19.4. The fourth-order valence-electron chi connectivity index (χ4n) is 2.31. The molecule has 1 aromatic heterocycles. The van der Waals surface area contributed by atoms with Crippen LogP contribution in [0.15, 0.2) is 53.1 Å². The van der Waals surface area contributed by atoms with Crippen LogP contribution in [0.25, 0.3) is 11.1 Å². The van der Waals surface area contributed by atoms with Crippen molar-refractivity contribution in [3.8, 4) is 11.1 Å². The molecule has 0 aliphatic rings. The number of halogens is 3. The summed E-state index contributed by atoms with van der Waals surface area (Å²) in [5.41, 5.74) is 6.78. The normalized spacial score (nSPS) is 11.5. The number of nitrogens with zero attached hydrogens (tertiary/aromatic N) is 2. The van der Waals surface area contributed by atoms with Gasteiger partial charge in [-0.15, -0.1) is 0 Å². The number of carbonyl (C=O) groups is 1. The highest BCUT2D eigenvalue weighted by Crippen LogP contribution is 2.31. The molecule has 3 aromatic rings. The molecule has 0 bridgehead atoms. The average molecular weight is 360 g/mol. The van der Waals surface area contributed by atoms with Crippen molar-refractivity contribution in [2.45, 2.75) is 12.6 Å². The van der Waals surface area contributed by atoms with E-state index in [1.54, 1.807) is 6.42 Å². The van der Waals surface area contributed by atoms with Crippen molar-refractivity contribution in [3.05, 3.63) is 77.8 Å². The van der Waals surface area contributed by atoms with Gasteiger partial charge in [-0.05, 0) is 35.2 Å². The Balaban J connectivity index is 1.65. The molecule has 0 aliphatic heterocycles. The summed E-state index contributed by atoms with van der Waals surface area (Å²) in [5, 5.41) is 3.43. The number of rotatable bonds is 5. The fourth-order valence-corrected chi connectivity index (χ4v) is 2.31. The predicted molar refractivity (Wildman–Crippen MR) is 86.8 cm³/mol. The maximum Gasteiger partial charge on any atom is 0.416 e. The smallest absolute Gasteiger partial charge is 0.363 e. The predicted octanol–water partition coefficient (Wildman–Crippen LogP) is 3.65. The Bertz CT molecular complexity index is 901. The molecule has 0 fully saturated rings. The largest absolute Gasteiger partial charge is 0.416 e. The molecule has 1 radical (unpaired) electrons. The van der Waals surface area contributed by atoms with E-state index in [1.807, 2.05) is 24.3 Å². The van der Waals surface area contributed by atoms with E-state index in [0.29, 0.717) is 12.0 Å². The molecule has 0 aliphatic carbocycles. The standard InChI is InChI=1S/C18H13F3N3O2/c19-18(20,21)14-8-6-13(7-9-14)12-4-1-11(2-5-12)3-10-15-23-17(16(22)25)24-26-15/h1-2,4-10H,3H2,(H2,22,25). The first-order chi connectivity index (χ1) is 12.3. The van der Waals surface area contributed by atoms with Gasteiger partial charge in [0.05, 0.1) is 12.0 Å². The zero-order valence-electron chi connectivity index (χ0n) is 13.3. The number of hydrogen-bond donors (Lipinski definition) is 1. The Morgan fingerprint density at radius 1 is 1.04 bits per heavy atom. The Morgan fingerprint density at radius 3 is 2.12 bits per heavy atom. The summed E-state index contributed by atoms with van der Waals surface area (Å²) < 4.78 is 42.7. The third-order valence-electron chi connectivity index (χ3n) is 3.67. The summed E-state index contributed by atoms with van der Waals surface area (Å²) >= 11 is 0. The Hall–Kier alpha value is -3.16. The van der Waals surface area contributed by atoms with E-state index >= 15 is 0 Å². The maximum atomic E-state index is 12.6. The number of amides is 1. The lowest BCUT2D eigenvalue weighted by Gasteiger charge is -2.08. The summed E-state index contributed by atoms with van der Waals surface area (Å²) in [4.78, 5) is 14.7. The summed E-state index contributed by atoms with van der Waals surface area (Å²) in [7, 11) is 0. The number of alkyl halides is 3. The molecule has 3 rings (SSSR count). The first kappa shape index (κ1) is 17.7. The minimum atomic E-state index is -4.35. The van der Waals surface area contributed by atoms with Crippen LogP contribution in [0.3, 0.4) is 0 Å². The van der Waals surface area contributed by atoms with Crippen LogP contribution in [0.5, 0.6) is 0 Å². The van der Waals surface area contributed by atoms with Crippen molar-refractivity contribution < 1.29 is 22.5 Å². The van der Waals surface area contributed by atoms with Gasteiger partial charge in [0.15, 0.2) is 0 Å². The maximum absolute atomic E-state index is 12.6. The molecule has 0 saturated carbocycles. The second kappa shape index (κ2) is 6.99. The Kier molecular flexibility index (Phi) is 4.75. The van der Waals surface area contributed by atoms with E-state index < -0.39 is 17.6 Å². The van der Waals surface area contributed by atoms with E-state index in [9.17, 15) is 18.0 Å². The summed E-state index contributed by atoms with van der Waals surface area (Å²) in [6.45, 7) is 0. The average Bonchev–Trinajstić information content (AvgIpc) is 3.09. The van der Waals surface area contributed by atoms with Gasteiger partial charge in [-0.25, -0.2) is 0 Å². The molecular formula is C18H13F3N3O2. The molecule has 2 aromatic carbocycles. The molecule has 0 unspecified atom stereocenters. The molecule has 0 spiro atoms. The lowest BCUT2D eigenvalue weighted by atomic mass is 10.0. The zero-order valence-corrected chi connectivity index (χ0v) is 13.3. The van der Waals surface area contributed by atoms with E-state index in [2.05, 4.69) is 10.1 Å². The van der Waals surface area contributed by atoms with E-state index in [-0.39, 0.29) is 11.7 Å². The highest BCUT2D eigenvalue weighted by molar-refractivity contribution is 5.88. The first-order valence-electron chi connectivity index (χ1n) is 7.56. The lowest BCUT2D eigenvalue weighted by Crippen LogP contribution is -2.12. The van der Waals surface area contributed by atoms with Crippen LogP contribution in [0.1, 0.15) is 27.6 Å². The molecule has 133 valence electrons. The van der Waals surface area contributed by atoms with Crippen LogP contribution in [0.2, 0.25) is 0 Å². The molecule has 8 heteroatoms.